The summed E-state index contributed by atoms with van der Waals surface area (Å²) in [6.45, 7) is 1.97. The summed E-state index contributed by atoms with van der Waals surface area (Å²) in [6.07, 6.45) is 0. The van der Waals surface area contributed by atoms with Gasteiger partial charge in [-0.1, -0.05) is 6.07 Å². The lowest BCUT2D eigenvalue weighted by Crippen LogP contribution is -2.08. The summed E-state index contributed by atoms with van der Waals surface area (Å²) in [7, 11) is 0. The lowest BCUT2D eigenvalue weighted by atomic mass is 10.1. The number of ether oxygens (including phenoxy) is 2. The van der Waals surface area contributed by atoms with E-state index in [0.717, 1.165) is 0 Å². The fourth-order valence-corrected chi connectivity index (χ4v) is 1.66. The average Bonchev–Trinajstić information content (AvgIpc) is 2.43. The first-order chi connectivity index (χ1) is 9.61. The molecule has 0 saturated carbocycles. The summed E-state index contributed by atoms with van der Waals surface area (Å²) in [5.41, 5.74) is 6.36. The third-order valence-electron chi connectivity index (χ3n) is 2.57. The number of hydrogen-bond donors (Lipinski definition) is 1. The van der Waals surface area contributed by atoms with Crippen LogP contribution in [0.5, 0.6) is 11.5 Å². The van der Waals surface area contributed by atoms with E-state index in [1.807, 2.05) is 0 Å². The molecule has 0 aliphatic carbocycles. The van der Waals surface area contributed by atoms with Gasteiger partial charge in [-0.3, -0.25) is 0 Å². The van der Waals surface area contributed by atoms with Crippen LogP contribution in [0.15, 0.2) is 42.5 Å². The fourth-order valence-electron chi connectivity index (χ4n) is 1.66. The van der Waals surface area contributed by atoms with Crippen molar-refractivity contribution in [2.75, 3.05) is 12.3 Å². The molecule has 2 aromatic rings. The number of benzene rings is 2. The van der Waals surface area contributed by atoms with Gasteiger partial charge in [-0.25, -0.2) is 9.18 Å². The Morgan fingerprint density at radius 2 is 1.90 bits per heavy atom. The van der Waals surface area contributed by atoms with Crippen LogP contribution in [0.25, 0.3) is 0 Å². The highest BCUT2D eigenvalue weighted by molar-refractivity contribution is 5.94. The first-order valence-electron chi connectivity index (χ1n) is 6.11. The number of carbonyl (C=O) groups is 1. The smallest absolute Gasteiger partial charge is 0.342 e. The molecule has 2 aromatic carbocycles. The molecule has 104 valence electrons. The molecule has 0 heterocycles. The quantitative estimate of drug-likeness (QED) is 0.686. The Kier molecular flexibility index (Phi) is 4.20. The molecule has 0 radical (unpaired) electrons. The fraction of sp³-hybridized carbons (Fsp3) is 0.133. The van der Waals surface area contributed by atoms with E-state index in [9.17, 15) is 9.18 Å². The Morgan fingerprint density at radius 3 is 2.55 bits per heavy atom. The molecule has 0 fully saturated rings. The average molecular weight is 275 g/mol. The monoisotopic (exact) mass is 275 g/mol. The summed E-state index contributed by atoms with van der Waals surface area (Å²) in [5.74, 6) is -0.298. The summed E-state index contributed by atoms with van der Waals surface area (Å²) in [4.78, 5) is 11.8. The number of halogens is 1. The van der Waals surface area contributed by atoms with Gasteiger partial charge in [0.05, 0.1) is 12.3 Å². The molecule has 20 heavy (non-hydrogen) atoms. The van der Waals surface area contributed by atoms with Crippen LogP contribution < -0.4 is 10.5 Å². The Morgan fingerprint density at radius 1 is 1.20 bits per heavy atom. The lowest BCUT2D eigenvalue weighted by Gasteiger charge is -2.12. The predicted molar refractivity (Wildman–Crippen MR) is 73.3 cm³/mol. The standard InChI is InChI=1S/C15H14FNO3/c1-2-19-15(18)12-4-3-5-13(17)14(12)20-11-8-6-10(16)7-9-11/h3-9H,2,17H2,1H3. The minimum atomic E-state index is -0.517. The van der Waals surface area contributed by atoms with Crippen LogP contribution in [0.3, 0.4) is 0 Å². The maximum Gasteiger partial charge on any atom is 0.342 e. The van der Waals surface area contributed by atoms with E-state index in [-0.39, 0.29) is 23.7 Å². The molecule has 0 atom stereocenters. The van der Waals surface area contributed by atoms with Gasteiger partial charge in [0.15, 0.2) is 5.75 Å². The second kappa shape index (κ2) is 6.06. The third-order valence-corrected chi connectivity index (χ3v) is 2.57. The molecule has 5 heteroatoms. The molecule has 0 spiro atoms. The van der Waals surface area contributed by atoms with Gasteiger partial charge < -0.3 is 15.2 Å². The Hall–Kier alpha value is -2.56. The van der Waals surface area contributed by atoms with Gasteiger partial charge in [0.25, 0.3) is 0 Å². The van der Waals surface area contributed by atoms with Crippen molar-refractivity contribution in [2.24, 2.45) is 0 Å². The maximum absolute atomic E-state index is 12.9. The van der Waals surface area contributed by atoms with Crippen molar-refractivity contribution >= 4 is 11.7 Å². The van der Waals surface area contributed by atoms with Crippen LogP contribution in [0.2, 0.25) is 0 Å². The van der Waals surface area contributed by atoms with Crippen molar-refractivity contribution in [1.82, 2.24) is 0 Å². The first kappa shape index (κ1) is 13.9. The summed E-state index contributed by atoms with van der Waals surface area (Å²) in [5, 5.41) is 0. The van der Waals surface area contributed by atoms with E-state index in [4.69, 9.17) is 15.2 Å². The number of anilines is 1. The van der Waals surface area contributed by atoms with Gasteiger partial charge in [-0.15, -0.1) is 0 Å². The number of nitrogen functional groups attached to an aromatic ring is 1. The zero-order valence-electron chi connectivity index (χ0n) is 10.9. The Labute approximate surface area is 115 Å². The predicted octanol–water partition coefficient (Wildman–Crippen LogP) is 3.38. The van der Waals surface area contributed by atoms with E-state index in [1.54, 1.807) is 25.1 Å². The zero-order valence-corrected chi connectivity index (χ0v) is 10.9. The van der Waals surface area contributed by atoms with E-state index in [1.165, 1.54) is 24.3 Å². The minimum Gasteiger partial charge on any atom is -0.462 e. The Balaban J connectivity index is 2.34. The summed E-state index contributed by atoms with van der Waals surface area (Å²) >= 11 is 0. The molecule has 0 saturated heterocycles. The molecule has 2 rings (SSSR count). The van der Waals surface area contributed by atoms with Crippen LogP contribution >= 0.6 is 0 Å². The van der Waals surface area contributed by atoms with E-state index in [2.05, 4.69) is 0 Å². The third kappa shape index (κ3) is 3.06. The second-order valence-electron chi connectivity index (χ2n) is 4.00. The van der Waals surface area contributed by atoms with Gasteiger partial charge in [0.1, 0.15) is 17.1 Å². The van der Waals surface area contributed by atoms with Crippen LogP contribution in [0, 0.1) is 5.82 Å². The van der Waals surface area contributed by atoms with Gasteiger partial charge in [0.2, 0.25) is 0 Å². The highest BCUT2D eigenvalue weighted by atomic mass is 19.1. The lowest BCUT2D eigenvalue weighted by molar-refractivity contribution is 0.0523. The van der Waals surface area contributed by atoms with Crippen molar-refractivity contribution in [3.05, 3.63) is 53.8 Å². The molecule has 0 aliphatic rings. The highest BCUT2D eigenvalue weighted by Gasteiger charge is 2.16. The molecule has 0 aromatic heterocycles. The number of nitrogens with two attached hydrogens (primary N) is 1. The maximum atomic E-state index is 12.9. The van der Waals surface area contributed by atoms with Gasteiger partial charge in [0, 0.05) is 0 Å². The SMILES string of the molecule is CCOC(=O)c1cccc(N)c1Oc1ccc(F)cc1. The Bertz CT molecular complexity index is 611. The van der Waals surface area contributed by atoms with Crippen LogP contribution in [0.4, 0.5) is 10.1 Å². The molecule has 2 N–H and O–H groups in total. The van der Waals surface area contributed by atoms with Crippen LogP contribution in [-0.2, 0) is 4.74 Å². The normalized spacial score (nSPS) is 10.1. The van der Waals surface area contributed by atoms with Crippen molar-refractivity contribution < 1.29 is 18.7 Å². The zero-order chi connectivity index (χ0) is 14.5. The van der Waals surface area contributed by atoms with Crippen molar-refractivity contribution in [1.29, 1.82) is 0 Å². The topological polar surface area (TPSA) is 61.5 Å². The number of para-hydroxylation sites is 1. The molecule has 0 bridgehead atoms. The molecule has 0 amide bonds. The van der Waals surface area contributed by atoms with Crippen molar-refractivity contribution in [3.8, 4) is 11.5 Å². The molecule has 0 aliphatic heterocycles. The van der Waals surface area contributed by atoms with Crippen molar-refractivity contribution in [2.45, 2.75) is 6.92 Å². The van der Waals surface area contributed by atoms with Crippen molar-refractivity contribution in [3.63, 3.8) is 0 Å². The first-order valence-corrected chi connectivity index (χ1v) is 6.11. The molecular weight excluding hydrogens is 261 g/mol. The minimum absolute atomic E-state index is 0.206. The van der Waals surface area contributed by atoms with E-state index in [0.29, 0.717) is 11.4 Å². The molecule has 0 unspecified atom stereocenters. The summed E-state index contributed by atoms with van der Waals surface area (Å²) in [6, 6.07) is 10.2. The van der Waals surface area contributed by atoms with Crippen LogP contribution in [0.1, 0.15) is 17.3 Å². The number of hydrogen-bond acceptors (Lipinski definition) is 4. The van der Waals surface area contributed by atoms with E-state index < -0.39 is 5.97 Å². The van der Waals surface area contributed by atoms with Gasteiger partial charge in [-0.2, -0.15) is 0 Å². The van der Waals surface area contributed by atoms with Gasteiger partial charge in [-0.05, 0) is 43.3 Å². The number of esters is 1. The van der Waals surface area contributed by atoms with Crippen LogP contribution in [-0.4, -0.2) is 12.6 Å². The molecular formula is C15H14FNO3. The second-order valence-corrected chi connectivity index (χ2v) is 4.00. The summed E-state index contributed by atoms with van der Waals surface area (Å²) < 4.78 is 23.4. The molecule has 4 nitrogen and oxygen atoms in total. The highest BCUT2D eigenvalue weighted by Crippen LogP contribution is 2.31. The van der Waals surface area contributed by atoms with E-state index >= 15 is 0 Å². The van der Waals surface area contributed by atoms with Gasteiger partial charge >= 0.3 is 5.97 Å². The number of rotatable bonds is 4. The number of carbonyl (C=O) groups excluding carboxylic acids is 1. The largest absolute Gasteiger partial charge is 0.462 e.